The monoisotopic (exact) mass is 238 g/mol. The summed E-state index contributed by atoms with van der Waals surface area (Å²) in [6.07, 6.45) is 3.78. The molecule has 0 aliphatic carbocycles. The molecule has 1 aromatic heterocycles. The average molecular weight is 238 g/mol. The lowest BCUT2D eigenvalue weighted by molar-refractivity contribution is 0.0339. The van der Waals surface area contributed by atoms with Gasteiger partial charge in [-0.05, 0) is 12.5 Å². The highest BCUT2D eigenvalue weighted by Crippen LogP contribution is 2.18. The molecule has 0 fully saturated rings. The second kappa shape index (κ2) is 5.98. The predicted octanol–water partition coefficient (Wildman–Crippen LogP) is 1.59. The maximum absolute atomic E-state index is 9.83. The zero-order valence-corrected chi connectivity index (χ0v) is 11.0. The Morgan fingerprint density at radius 1 is 1.47 bits per heavy atom. The van der Waals surface area contributed by atoms with E-state index in [-0.39, 0.29) is 5.41 Å². The predicted molar refractivity (Wildman–Crippen MR) is 68.0 cm³/mol. The molecule has 0 aliphatic rings. The van der Waals surface area contributed by atoms with Crippen molar-refractivity contribution in [1.29, 1.82) is 0 Å². The van der Waals surface area contributed by atoms with E-state index in [0.29, 0.717) is 6.54 Å². The fourth-order valence-electron chi connectivity index (χ4n) is 1.45. The topological polar surface area (TPSA) is 54.4 Å². The van der Waals surface area contributed by atoms with Crippen molar-refractivity contribution < 1.29 is 9.84 Å². The van der Waals surface area contributed by atoms with Gasteiger partial charge < -0.3 is 9.84 Å². The lowest BCUT2D eigenvalue weighted by Crippen LogP contribution is -2.40. The summed E-state index contributed by atoms with van der Waals surface area (Å²) in [5.41, 5.74) is 0.891. The number of aromatic nitrogens is 1. The van der Waals surface area contributed by atoms with Crippen LogP contribution in [0.3, 0.4) is 0 Å². The number of aliphatic hydroxyl groups is 1. The summed E-state index contributed by atoms with van der Waals surface area (Å²) in [5, 5.41) is 12.9. The molecule has 0 bridgehead atoms. The standard InChI is InChI=1S/C13H22N2O2/c1-13(2,3)12(16)15-8-5-10-9-14-7-6-11(10)17-4/h6-7,9,12,15-16H,5,8H2,1-4H3. The minimum absolute atomic E-state index is 0.154. The van der Waals surface area contributed by atoms with Crippen LogP contribution in [-0.4, -0.2) is 30.0 Å². The molecule has 1 atom stereocenters. The quantitative estimate of drug-likeness (QED) is 0.765. The van der Waals surface area contributed by atoms with Crippen LogP contribution in [-0.2, 0) is 6.42 Å². The highest BCUT2D eigenvalue weighted by atomic mass is 16.5. The highest BCUT2D eigenvalue weighted by molar-refractivity contribution is 5.30. The van der Waals surface area contributed by atoms with Gasteiger partial charge in [-0.25, -0.2) is 0 Å². The van der Waals surface area contributed by atoms with Crippen molar-refractivity contribution in [1.82, 2.24) is 10.3 Å². The zero-order chi connectivity index (χ0) is 12.9. The largest absolute Gasteiger partial charge is 0.496 e. The van der Waals surface area contributed by atoms with Gasteiger partial charge in [0.15, 0.2) is 0 Å². The van der Waals surface area contributed by atoms with E-state index < -0.39 is 6.23 Å². The van der Waals surface area contributed by atoms with Crippen molar-refractivity contribution in [2.24, 2.45) is 5.41 Å². The Labute approximate surface area is 103 Å². The van der Waals surface area contributed by atoms with E-state index in [2.05, 4.69) is 10.3 Å². The van der Waals surface area contributed by atoms with Crippen molar-refractivity contribution in [2.75, 3.05) is 13.7 Å². The molecule has 4 nitrogen and oxygen atoms in total. The van der Waals surface area contributed by atoms with Crippen molar-refractivity contribution in [3.05, 3.63) is 24.0 Å². The summed E-state index contributed by atoms with van der Waals surface area (Å²) in [5.74, 6) is 0.840. The van der Waals surface area contributed by atoms with E-state index in [1.165, 1.54) is 0 Å². The second-order valence-corrected chi connectivity index (χ2v) is 5.16. The third-order valence-electron chi connectivity index (χ3n) is 2.63. The molecule has 0 radical (unpaired) electrons. The van der Waals surface area contributed by atoms with Crippen LogP contribution in [0.15, 0.2) is 18.5 Å². The molecule has 17 heavy (non-hydrogen) atoms. The number of methoxy groups -OCH3 is 1. The van der Waals surface area contributed by atoms with Crippen molar-refractivity contribution in [3.63, 3.8) is 0 Å². The molecule has 0 amide bonds. The Balaban J connectivity index is 2.46. The van der Waals surface area contributed by atoms with Gasteiger partial charge >= 0.3 is 0 Å². The number of nitrogens with zero attached hydrogens (tertiary/aromatic N) is 1. The molecular weight excluding hydrogens is 216 g/mol. The van der Waals surface area contributed by atoms with E-state index in [1.54, 1.807) is 19.5 Å². The third-order valence-corrected chi connectivity index (χ3v) is 2.63. The Kier molecular flexibility index (Phi) is 4.90. The molecule has 0 saturated heterocycles. The average Bonchev–Trinajstić information content (AvgIpc) is 2.28. The summed E-state index contributed by atoms with van der Waals surface area (Å²) < 4.78 is 5.24. The molecular formula is C13H22N2O2. The summed E-state index contributed by atoms with van der Waals surface area (Å²) in [6, 6.07) is 1.84. The first kappa shape index (κ1) is 13.9. The van der Waals surface area contributed by atoms with E-state index in [1.807, 2.05) is 26.8 Å². The number of hydrogen-bond donors (Lipinski definition) is 2. The maximum atomic E-state index is 9.83. The minimum atomic E-state index is -0.509. The molecule has 0 spiro atoms. The molecule has 96 valence electrons. The van der Waals surface area contributed by atoms with Gasteiger partial charge in [-0.3, -0.25) is 10.3 Å². The van der Waals surface area contributed by atoms with E-state index >= 15 is 0 Å². The van der Waals surface area contributed by atoms with Crippen LogP contribution in [0.25, 0.3) is 0 Å². The molecule has 1 aromatic rings. The number of rotatable bonds is 5. The van der Waals surface area contributed by atoms with E-state index in [0.717, 1.165) is 17.7 Å². The van der Waals surface area contributed by atoms with Crippen molar-refractivity contribution in [3.8, 4) is 5.75 Å². The van der Waals surface area contributed by atoms with Gasteiger partial charge in [0.25, 0.3) is 0 Å². The van der Waals surface area contributed by atoms with Crippen LogP contribution < -0.4 is 10.1 Å². The molecule has 0 saturated carbocycles. The van der Waals surface area contributed by atoms with Crippen LogP contribution in [0, 0.1) is 5.41 Å². The Morgan fingerprint density at radius 3 is 2.76 bits per heavy atom. The molecule has 2 N–H and O–H groups in total. The summed E-state index contributed by atoms with van der Waals surface area (Å²) in [7, 11) is 1.65. The van der Waals surface area contributed by atoms with E-state index in [4.69, 9.17) is 4.74 Å². The number of pyridine rings is 1. The van der Waals surface area contributed by atoms with Crippen LogP contribution in [0.2, 0.25) is 0 Å². The molecule has 0 aliphatic heterocycles. The lowest BCUT2D eigenvalue weighted by Gasteiger charge is -2.26. The zero-order valence-electron chi connectivity index (χ0n) is 11.0. The Morgan fingerprint density at radius 2 is 2.18 bits per heavy atom. The minimum Gasteiger partial charge on any atom is -0.496 e. The van der Waals surface area contributed by atoms with Crippen molar-refractivity contribution >= 4 is 0 Å². The van der Waals surface area contributed by atoms with Crippen molar-refractivity contribution in [2.45, 2.75) is 33.4 Å². The third kappa shape index (κ3) is 4.32. The SMILES string of the molecule is COc1ccncc1CCNC(O)C(C)(C)C. The number of ether oxygens (including phenoxy) is 1. The fourth-order valence-corrected chi connectivity index (χ4v) is 1.45. The lowest BCUT2D eigenvalue weighted by atomic mass is 9.94. The number of hydrogen-bond acceptors (Lipinski definition) is 4. The highest BCUT2D eigenvalue weighted by Gasteiger charge is 2.21. The second-order valence-electron chi connectivity index (χ2n) is 5.16. The molecule has 1 rings (SSSR count). The Hall–Kier alpha value is -1.13. The molecule has 4 heteroatoms. The fraction of sp³-hybridized carbons (Fsp3) is 0.615. The first-order chi connectivity index (χ1) is 7.95. The van der Waals surface area contributed by atoms with Crippen LogP contribution in [0.5, 0.6) is 5.75 Å². The van der Waals surface area contributed by atoms with Gasteiger partial charge in [0.05, 0.1) is 7.11 Å². The number of nitrogens with one attached hydrogen (secondary N) is 1. The smallest absolute Gasteiger partial charge is 0.125 e. The van der Waals surface area contributed by atoms with E-state index in [9.17, 15) is 5.11 Å². The number of aliphatic hydroxyl groups excluding tert-OH is 1. The van der Waals surface area contributed by atoms with Gasteiger partial charge in [-0.1, -0.05) is 20.8 Å². The maximum Gasteiger partial charge on any atom is 0.125 e. The normalized spacial score (nSPS) is 13.5. The van der Waals surface area contributed by atoms with Gasteiger partial charge in [-0.2, -0.15) is 0 Å². The van der Waals surface area contributed by atoms with Crippen LogP contribution in [0.4, 0.5) is 0 Å². The molecule has 0 aromatic carbocycles. The Bertz CT molecular complexity index is 348. The van der Waals surface area contributed by atoms with Gasteiger partial charge in [0, 0.05) is 29.9 Å². The van der Waals surface area contributed by atoms with Gasteiger partial charge in [0.1, 0.15) is 12.0 Å². The van der Waals surface area contributed by atoms with Gasteiger partial charge in [-0.15, -0.1) is 0 Å². The van der Waals surface area contributed by atoms with Crippen LogP contribution >= 0.6 is 0 Å². The molecule has 1 heterocycles. The summed E-state index contributed by atoms with van der Waals surface area (Å²) >= 11 is 0. The summed E-state index contributed by atoms with van der Waals surface area (Å²) in [6.45, 7) is 6.68. The van der Waals surface area contributed by atoms with Gasteiger partial charge in [0.2, 0.25) is 0 Å². The van der Waals surface area contributed by atoms with Crippen LogP contribution in [0.1, 0.15) is 26.3 Å². The first-order valence-corrected chi connectivity index (χ1v) is 5.83. The summed E-state index contributed by atoms with van der Waals surface area (Å²) in [4.78, 5) is 4.07. The molecule has 1 unspecified atom stereocenters. The first-order valence-electron chi connectivity index (χ1n) is 5.83.